The molecule has 0 bridgehead atoms. The van der Waals surface area contributed by atoms with Crippen molar-refractivity contribution in [1.82, 2.24) is 14.5 Å². The van der Waals surface area contributed by atoms with E-state index in [0.717, 1.165) is 12.8 Å². The number of halogens is 1. The second kappa shape index (κ2) is 5.19. The summed E-state index contributed by atoms with van der Waals surface area (Å²) in [6.45, 7) is 2.28. The molecule has 0 unspecified atom stereocenters. The Hall–Kier alpha value is -0.590. The zero-order valence-corrected chi connectivity index (χ0v) is 12.2. The fourth-order valence-electron chi connectivity index (χ4n) is 2.20. The summed E-state index contributed by atoms with van der Waals surface area (Å²) in [7, 11) is -1.86. The highest BCUT2D eigenvalue weighted by Crippen LogP contribution is 2.29. The molecule has 18 heavy (non-hydrogen) atoms. The standard InChI is InChI=1S/C11H18ClN3O2S/c1-8-11(10(6-12)14-13-8)18(16,17)15(2)7-9-4-3-5-9/h9H,3-7H2,1-2H3,(H,13,14). The van der Waals surface area contributed by atoms with Crippen molar-refractivity contribution >= 4 is 21.6 Å². The second-order valence-electron chi connectivity index (χ2n) is 4.84. The predicted octanol–water partition coefficient (Wildman–Crippen LogP) is 1.88. The Balaban J connectivity index is 2.25. The number of rotatable bonds is 5. The van der Waals surface area contributed by atoms with Crippen molar-refractivity contribution in [2.45, 2.75) is 37.0 Å². The average Bonchev–Trinajstić information content (AvgIpc) is 2.64. The van der Waals surface area contributed by atoms with Gasteiger partial charge >= 0.3 is 0 Å². The molecule has 1 fully saturated rings. The number of sulfonamides is 1. The van der Waals surface area contributed by atoms with Gasteiger partial charge in [0.2, 0.25) is 10.0 Å². The molecule has 1 saturated carbocycles. The SMILES string of the molecule is Cc1[nH]nc(CCl)c1S(=O)(=O)N(C)CC1CCC1. The fraction of sp³-hybridized carbons (Fsp3) is 0.727. The van der Waals surface area contributed by atoms with Crippen molar-refractivity contribution < 1.29 is 8.42 Å². The molecule has 0 amide bonds. The summed E-state index contributed by atoms with van der Waals surface area (Å²) in [6, 6.07) is 0. The highest BCUT2D eigenvalue weighted by Gasteiger charge is 2.31. The Bertz CT molecular complexity index is 522. The van der Waals surface area contributed by atoms with Gasteiger partial charge in [-0.25, -0.2) is 12.7 Å². The molecule has 0 atom stereocenters. The minimum absolute atomic E-state index is 0.0934. The van der Waals surface area contributed by atoms with E-state index in [0.29, 0.717) is 23.9 Å². The molecule has 0 saturated heterocycles. The second-order valence-corrected chi connectivity index (χ2v) is 7.09. The third-order valence-corrected chi connectivity index (χ3v) is 5.78. The van der Waals surface area contributed by atoms with Crippen LogP contribution in [0.1, 0.15) is 30.7 Å². The molecular formula is C11H18ClN3O2S. The maximum atomic E-state index is 12.5. The lowest BCUT2D eigenvalue weighted by atomic mass is 9.86. The normalized spacial score (nSPS) is 17.1. The van der Waals surface area contributed by atoms with E-state index in [-0.39, 0.29) is 10.8 Å². The zero-order chi connectivity index (χ0) is 13.3. The van der Waals surface area contributed by atoms with Crippen molar-refractivity contribution in [3.8, 4) is 0 Å². The highest BCUT2D eigenvalue weighted by atomic mass is 35.5. The molecule has 1 heterocycles. The number of nitrogens with one attached hydrogen (secondary N) is 1. The number of hydrogen-bond donors (Lipinski definition) is 1. The summed E-state index contributed by atoms with van der Waals surface area (Å²) in [6.07, 6.45) is 3.44. The first-order valence-corrected chi connectivity index (χ1v) is 8.00. The minimum Gasteiger partial charge on any atom is -0.281 e. The topological polar surface area (TPSA) is 66.1 Å². The van der Waals surface area contributed by atoms with E-state index in [4.69, 9.17) is 11.6 Å². The predicted molar refractivity (Wildman–Crippen MR) is 70.0 cm³/mol. The molecule has 1 aliphatic rings. The summed E-state index contributed by atoms with van der Waals surface area (Å²) in [5, 5.41) is 6.62. The van der Waals surface area contributed by atoms with Gasteiger partial charge in [0.15, 0.2) is 0 Å². The van der Waals surface area contributed by atoms with Crippen LogP contribution in [0.15, 0.2) is 4.90 Å². The van der Waals surface area contributed by atoms with Crippen LogP contribution in [0.4, 0.5) is 0 Å². The number of aryl methyl sites for hydroxylation is 1. The monoisotopic (exact) mass is 291 g/mol. The zero-order valence-electron chi connectivity index (χ0n) is 10.6. The van der Waals surface area contributed by atoms with E-state index in [1.807, 2.05) is 0 Å². The van der Waals surface area contributed by atoms with Crippen molar-refractivity contribution in [3.63, 3.8) is 0 Å². The van der Waals surface area contributed by atoms with Gasteiger partial charge in [0.25, 0.3) is 0 Å². The number of alkyl halides is 1. The molecule has 1 aromatic rings. The van der Waals surface area contributed by atoms with Crippen molar-refractivity contribution in [3.05, 3.63) is 11.4 Å². The summed E-state index contributed by atoms with van der Waals surface area (Å²) in [5.41, 5.74) is 0.945. The van der Waals surface area contributed by atoms with Crippen LogP contribution in [0.25, 0.3) is 0 Å². The minimum atomic E-state index is -3.49. The number of H-pyrrole nitrogens is 1. The maximum absolute atomic E-state index is 12.5. The van der Waals surface area contributed by atoms with Gasteiger partial charge in [0.1, 0.15) is 4.90 Å². The van der Waals surface area contributed by atoms with E-state index in [9.17, 15) is 8.42 Å². The first-order chi connectivity index (χ1) is 8.46. The fourth-order valence-corrected chi connectivity index (χ4v) is 4.03. The molecule has 102 valence electrons. The number of aromatic amines is 1. The molecule has 0 spiro atoms. The van der Waals surface area contributed by atoms with Crippen LogP contribution in [0, 0.1) is 12.8 Å². The molecule has 0 aliphatic heterocycles. The van der Waals surface area contributed by atoms with Gasteiger partial charge in [0.05, 0.1) is 17.3 Å². The Morgan fingerprint density at radius 2 is 2.17 bits per heavy atom. The van der Waals surface area contributed by atoms with E-state index in [1.54, 1.807) is 14.0 Å². The van der Waals surface area contributed by atoms with Gasteiger partial charge in [-0.05, 0) is 25.7 Å². The highest BCUT2D eigenvalue weighted by molar-refractivity contribution is 7.89. The molecule has 5 nitrogen and oxygen atoms in total. The third kappa shape index (κ3) is 2.41. The van der Waals surface area contributed by atoms with Crippen molar-refractivity contribution in [1.29, 1.82) is 0 Å². The molecule has 1 N–H and O–H groups in total. The first kappa shape index (κ1) is 13.8. The van der Waals surface area contributed by atoms with Crippen LogP contribution < -0.4 is 0 Å². The summed E-state index contributed by atoms with van der Waals surface area (Å²) in [4.78, 5) is 0.235. The largest absolute Gasteiger partial charge is 0.281 e. The number of aromatic nitrogens is 2. The molecule has 1 aliphatic carbocycles. The maximum Gasteiger partial charge on any atom is 0.246 e. The van der Waals surface area contributed by atoms with Gasteiger partial charge in [-0.2, -0.15) is 5.10 Å². The van der Waals surface area contributed by atoms with Crippen molar-refractivity contribution in [2.75, 3.05) is 13.6 Å². The molecule has 2 rings (SSSR count). The molecule has 7 heteroatoms. The van der Waals surface area contributed by atoms with Crippen LogP contribution in [-0.2, 0) is 15.9 Å². The average molecular weight is 292 g/mol. The van der Waals surface area contributed by atoms with Gasteiger partial charge in [-0.15, -0.1) is 11.6 Å². The number of nitrogens with zero attached hydrogens (tertiary/aromatic N) is 2. The summed E-state index contributed by atoms with van der Waals surface area (Å²) in [5.74, 6) is 0.590. The first-order valence-electron chi connectivity index (χ1n) is 6.03. The lowest BCUT2D eigenvalue weighted by Gasteiger charge is -2.29. The Morgan fingerprint density at radius 1 is 1.50 bits per heavy atom. The van der Waals surface area contributed by atoms with Crippen LogP contribution >= 0.6 is 11.6 Å². The third-order valence-electron chi connectivity index (χ3n) is 3.50. The molecular weight excluding hydrogens is 274 g/mol. The van der Waals surface area contributed by atoms with Crippen LogP contribution in [0.5, 0.6) is 0 Å². The Kier molecular flexibility index (Phi) is 3.99. The number of hydrogen-bond acceptors (Lipinski definition) is 3. The van der Waals surface area contributed by atoms with Crippen LogP contribution in [0.3, 0.4) is 0 Å². The van der Waals surface area contributed by atoms with Crippen LogP contribution in [-0.4, -0.2) is 36.5 Å². The Labute approximate surface area is 113 Å². The Morgan fingerprint density at radius 3 is 2.67 bits per heavy atom. The molecule has 1 aromatic heterocycles. The van der Waals surface area contributed by atoms with E-state index >= 15 is 0 Å². The summed E-state index contributed by atoms with van der Waals surface area (Å²) >= 11 is 5.73. The lowest BCUT2D eigenvalue weighted by molar-refractivity contribution is 0.263. The van der Waals surface area contributed by atoms with Crippen molar-refractivity contribution in [2.24, 2.45) is 5.92 Å². The van der Waals surface area contributed by atoms with E-state index in [1.165, 1.54) is 10.7 Å². The molecule has 0 radical (unpaired) electrons. The quantitative estimate of drug-likeness (QED) is 0.842. The van der Waals surface area contributed by atoms with Crippen LogP contribution in [0.2, 0.25) is 0 Å². The molecule has 0 aromatic carbocycles. The lowest BCUT2D eigenvalue weighted by Crippen LogP contribution is -2.34. The van der Waals surface area contributed by atoms with Gasteiger partial charge in [0, 0.05) is 13.6 Å². The van der Waals surface area contributed by atoms with E-state index < -0.39 is 10.0 Å². The van der Waals surface area contributed by atoms with Gasteiger partial charge in [-0.3, -0.25) is 5.10 Å². The van der Waals surface area contributed by atoms with E-state index in [2.05, 4.69) is 10.2 Å². The van der Waals surface area contributed by atoms with Gasteiger partial charge in [-0.1, -0.05) is 6.42 Å². The summed E-state index contributed by atoms with van der Waals surface area (Å²) < 4.78 is 26.4. The smallest absolute Gasteiger partial charge is 0.246 e. The van der Waals surface area contributed by atoms with Gasteiger partial charge < -0.3 is 0 Å².